The molecule has 2 aromatic rings. The Bertz CT molecular complexity index is 559. The number of fused-ring (bicyclic) bond motifs is 1. The predicted molar refractivity (Wildman–Crippen MR) is 69.5 cm³/mol. The van der Waals surface area contributed by atoms with Gasteiger partial charge in [-0.1, -0.05) is 0 Å². The van der Waals surface area contributed by atoms with E-state index in [1.807, 2.05) is 19.1 Å². The summed E-state index contributed by atoms with van der Waals surface area (Å²) in [6.07, 6.45) is 4.19. The molecular weight excluding hydrogens is 228 g/mol. The summed E-state index contributed by atoms with van der Waals surface area (Å²) in [6.45, 7) is 2.55. The number of H-pyrrole nitrogens is 1. The van der Waals surface area contributed by atoms with Gasteiger partial charge in [-0.3, -0.25) is 0 Å². The molecule has 1 saturated carbocycles. The van der Waals surface area contributed by atoms with Gasteiger partial charge in [0.15, 0.2) is 5.65 Å². The van der Waals surface area contributed by atoms with E-state index >= 15 is 0 Å². The van der Waals surface area contributed by atoms with E-state index in [2.05, 4.69) is 15.0 Å². The summed E-state index contributed by atoms with van der Waals surface area (Å²) < 4.78 is 5.37. The maximum atomic E-state index is 6.23. The number of pyridine rings is 1. The fourth-order valence-corrected chi connectivity index (χ4v) is 2.38. The molecule has 0 atom stereocenters. The molecule has 3 rings (SSSR count). The lowest BCUT2D eigenvalue weighted by atomic mass is 9.75. The lowest BCUT2D eigenvalue weighted by molar-refractivity contribution is 0.244. The van der Waals surface area contributed by atoms with Gasteiger partial charge in [0.1, 0.15) is 5.82 Å². The van der Waals surface area contributed by atoms with Crippen molar-refractivity contribution in [3.05, 3.63) is 18.0 Å². The van der Waals surface area contributed by atoms with Gasteiger partial charge in [0.25, 0.3) is 0 Å². The molecule has 2 aromatic heterocycles. The third-order valence-electron chi connectivity index (χ3n) is 3.53. The minimum atomic E-state index is -0.0589. The number of hydrogen-bond donors (Lipinski definition) is 2. The summed E-state index contributed by atoms with van der Waals surface area (Å²) >= 11 is 0. The van der Waals surface area contributed by atoms with Gasteiger partial charge in [0.2, 0.25) is 5.88 Å². The summed E-state index contributed by atoms with van der Waals surface area (Å²) in [4.78, 5) is 12.1. The number of imidazole rings is 1. The second-order valence-electron chi connectivity index (χ2n) is 5.03. The van der Waals surface area contributed by atoms with Crippen LogP contribution in [0.5, 0.6) is 5.88 Å². The van der Waals surface area contributed by atoms with Crippen molar-refractivity contribution in [3.63, 3.8) is 0 Å². The average Bonchev–Trinajstić information content (AvgIpc) is 2.69. The van der Waals surface area contributed by atoms with Crippen molar-refractivity contribution in [2.45, 2.75) is 38.1 Å². The van der Waals surface area contributed by atoms with Gasteiger partial charge in [-0.25, -0.2) is 4.98 Å². The third kappa shape index (κ3) is 2.06. The van der Waals surface area contributed by atoms with Crippen LogP contribution >= 0.6 is 0 Å². The van der Waals surface area contributed by atoms with Crippen LogP contribution in [0.3, 0.4) is 0 Å². The molecule has 0 radical (unpaired) electrons. The second-order valence-corrected chi connectivity index (χ2v) is 5.03. The zero-order valence-corrected chi connectivity index (χ0v) is 10.6. The highest BCUT2D eigenvalue weighted by molar-refractivity contribution is 5.71. The highest BCUT2D eigenvalue weighted by Crippen LogP contribution is 2.32. The molecule has 0 saturated heterocycles. The molecule has 0 aliphatic heterocycles. The van der Waals surface area contributed by atoms with Gasteiger partial charge in [-0.2, -0.15) is 4.98 Å². The van der Waals surface area contributed by atoms with Gasteiger partial charge >= 0.3 is 0 Å². The van der Waals surface area contributed by atoms with Crippen LogP contribution in [0.4, 0.5) is 0 Å². The van der Waals surface area contributed by atoms with Crippen LogP contribution in [0, 0.1) is 0 Å². The Balaban J connectivity index is 1.86. The van der Waals surface area contributed by atoms with Crippen molar-refractivity contribution in [1.29, 1.82) is 0 Å². The highest BCUT2D eigenvalue weighted by Gasteiger charge is 2.33. The van der Waals surface area contributed by atoms with E-state index in [9.17, 15) is 0 Å². The lowest BCUT2D eigenvalue weighted by Crippen LogP contribution is -2.48. The summed E-state index contributed by atoms with van der Waals surface area (Å²) in [5, 5.41) is 0. The molecule has 0 unspecified atom stereocenters. The maximum Gasteiger partial charge on any atom is 0.215 e. The minimum absolute atomic E-state index is 0.0589. The molecule has 5 heteroatoms. The first kappa shape index (κ1) is 11.5. The predicted octanol–water partition coefficient (Wildman–Crippen LogP) is 1.78. The SMILES string of the molecule is CCOc1ccc2[nH]c(CC3(N)CCC3)nc2n1. The number of hydrogen-bond acceptors (Lipinski definition) is 4. The molecule has 0 amide bonds. The van der Waals surface area contributed by atoms with E-state index in [0.29, 0.717) is 18.1 Å². The summed E-state index contributed by atoms with van der Waals surface area (Å²) in [5.74, 6) is 1.54. The molecular formula is C13H18N4O. The molecule has 1 aliphatic rings. The van der Waals surface area contributed by atoms with E-state index in [1.54, 1.807) is 0 Å². The molecule has 0 aromatic carbocycles. The number of nitrogens with one attached hydrogen (secondary N) is 1. The first-order valence-corrected chi connectivity index (χ1v) is 6.46. The topological polar surface area (TPSA) is 76.8 Å². The smallest absolute Gasteiger partial charge is 0.215 e. The third-order valence-corrected chi connectivity index (χ3v) is 3.53. The van der Waals surface area contributed by atoms with E-state index < -0.39 is 0 Å². The normalized spacial score (nSPS) is 17.7. The number of aromatic amines is 1. The molecule has 96 valence electrons. The van der Waals surface area contributed by atoms with E-state index in [-0.39, 0.29) is 5.54 Å². The Morgan fingerprint density at radius 1 is 1.39 bits per heavy atom. The average molecular weight is 246 g/mol. The van der Waals surface area contributed by atoms with Crippen molar-refractivity contribution in [1.82, 2.24) is 15.0 Å². The van der Waals surface area contributed by atoms with Crippen LogP contribution in [0.2, 0.25) is 0 Å². The Labute approximate surface area is 106 Å². The zero-order chi connectivity index (χ0) is 12.6. The second kappa shape index (κ2) is 4.24. The molecule has 0 spiro atoms. The monoisotopic (exact) mass is 246 g/mol. The number of nitrogens with two attached hydrogens (primary N) is 1. The Morgan fingerprint density at radius 2 is 2.22 bits per heavy atom. The zero-order valence-electron chi connectivity index (χ0n) is 10.6. The van der Waals surface area contributed by atoms with Gasteiger partial charge in [-0.15, -0.1) is 0 Å². The standard InChI is InChI=1S/C13H18N4O/c1-2-18-11-5-4-9-12(17-11)16-10(15-9)8-13(14)6-3-7-13/h4-5H,2-3,6-8,14H2,1H3,(H,15,16,17). The fraction of sp³-hybridized carbons (Fsp3) is 0.538. The molecule has 18 heavy (non-hydrogen) atoms. The van der Waals surface area contributed by atoms with E-state index in [4.69, 9.17) is 10.5 Å². The Morgan fingerprint density at radius 3 is 2.89 bits per heavy atom. The Kier molecular flexibility index (Phi) is 2.70. The van der Waals surface area contributed by atoms with Gasteiger partial charge in [-0.05, 0) is 32.3 Å². The van der Waals surface area contributed by atoms with Crippen LogP contribution < -0.4 is 10.5 Å². The maximum absolute atomic E-state index is 6.23. The van der Waals surface area contributed by atoms with Crippen LogP contribution in [0.1, 0.15) is 32.0 Å². The number of aromatic nitrogens is 3. The van der Waals surface area contributed by atoms with Crippen molar-refractivity contribution in [2.24, 2.45) is 5.73 Å². The van der Waals surface area contributed by atoms with Crippen LogP contribution in [-0.2, 0) is 6.42 Å². The van der Waals surface area contributed by atoms with Crippen LogP contribution in [-0.4, -0.2) is 27.1 Å². The first-order chi connectivity index (χ1) is 8.68. The van der Waals surface area contributed by atoms with Crippen LogP contribution in [0.15, 0.2) is 12.1 Å². The van der Waals surface area contributed by atoms with Gasteiger partial charge < -0.3 is 15.5 Å². The number of nitrogens with zero attached hydrogens (tertiary/aromatic N) is 2. The molecule has 0 bridgehead atoms. The van der Waals surface area contributed by atoms with Gasteiger partial charge in [0.05, 0.1) is 12.1 Å². The van der Waals surface area contributed by atoms with Crippen molar-refractivity contribution in [3.8, 4) is 5.88 Å². The highest BCUT2D eigenvalue weighted by atomic mass is 16.5. The number of rotatable bonds is 4. The first-order valence-electron chi connectivity index (χ1n) is 6.46. The van der Waals surface area contributed by atoms with Gasteiger partial charge in [0, 0.05) is 18.0 Å². The largest absolute Gasteiger partial charge is 0.478 e. The molecule has 1 aliphatic carbocycles. The van der Waals surface area contributed by atoms with Crippen molar-refractivity contribution < 1.29 is 4.74 Å². The Hall–Kier alpha value is -1.62. The van der Waals surface area contributed by atoms with Crippen LogP contribution in [0.25, 0.3) is 11.2 Å². The quantitative estimate of drug-likeness (QED) is 0.862. The molecule has 3 N–H and O–H groups in total. The van der Waals surface area contributed by atoms with E-state index in [0.717, 1.165) is 30.6 Å². The van der Waals surface area contributed by atoms with E-state index in [1.165, 1.54) is 6.42 Å². The molecule has 2 heterocycles. The summed E-state index contributed by atoms with van der Waals surface area (Å²) in [5.41, 5.74) is 7.82. The minimum Gasteiger partial charge on any atom is -0.478 e. The van der Waals surface area contributed by atoms with Crippen molar-refractivity contribution in [2.75, 3.05) is 6.61 Å². The summed E-state index contributed by atoms with van der Waals surface area (Å²) in [6, 6.07) is 3.81. The lowest BCUT2D eigenvalue weighted by Gasteiger charge is -2.37. The molecule has 1 fully saturated rings. The fourth-order valence-electron chi connectivity index (χ4n) is 2.38. The van der Waals surface area contributed by atoms with Crippen molar-refractivity contribution >= 4 is 11.2 Å². The molecule has 5 nitrogen and oxygen atoms in total. The summed E-state index contributed by atoms with van der Waals surface area (Å²) in [7, 11) is 0. The number of ether oxygens (including phenoxy) is 1.